The first-order valence-electron chi connectivity index (χ1n) is 5.57. The molecule has 1 aromatic rings. The van der Waals surface area contributed by atoms with E-state index in [9.17, 15) is 22.0 Å². The lowest BCUT2D eigenvalue weighted by atomic mass is 10.3. The zero-order valence-electron chi connectivity index (χ0n) is 10.8. The number of nitrogens with one attached hydrogen (secondary N) is 1. The second-order valence-electron chi connectivity index (χ2n) is 3.91. The number of hydrogen-bond donors (Lipinski definition) is 1. The van der Waals surface area contributed by atoms with Crippen LogP contribution in [0, 0.1) is 11.6 Å². The summed E-state index contributed by atoms with van der Waals surface area (Å²) >= 11 is 2.81. The van der Waals surface area contributed by atoms with Crippen molar-refractivity contribution in [3.63, 3.8) is 0 Å². The van der Waals surface area contributed by atoms with Crippen LogP contribution in [0.5, 0.6) is 0 Å². The molecule has 1 aromatic carbocycles. The third-order valence-corrected chi connectivity index (χ3v) is 5.14. The third kappa shape index (κ3) is 3.74. The maximum Gasteiger partial charge on any atom is 0.247 e. The summed E-state index contributed by atoms with van der Waals surface area (Å²) in [6, 6.07) is 1.31. The second-order valence-corrected chi connectivity index (χ2v) is 6.75. The number of sulfonamides is 1. The van der Waals surface area contributed by atoms with Crippen molar-refractivity contribution >= 4 is 31.9 Å². The molecule has 0 spiro atoms. The fraction of sp³-hybridized carbons (Fsp3) is 0.364. The van der Waals surface area contributed by atoms with Crippen molar-refractivity contribution in [1.29, 1.82) is 0 Å². The number of carbonyl (C=O) groups excluding carboxylic acids is 1. The van der Waals surface area contributed by atoms with Crippen molar-refractivity contribution in [2.75, 3.05) is 20.1 Å². The monoisotopic (exact) mass is 370 g/mol. The Morgan fingerprint density at radius 1 is 1.40 bits per heavy atom. The SMILES string of the molecule is CCNC(=O)CN(C)S(=O)(=O)c1c(F)cc(F)cc1Br. The number of benzene rings is 1. The van der Waals surface area contributed by atoms with Crippen LogP contribution in [-0.4, -0.2) is 38.8 Å². The van der Waals surface area contributed by atoms with Gasteiger partial charge in [-0.3, -0.25) is 4.79 Å². The van der Waals surface area contributed by atoms with Crippen LogP contribution in [0.4, 0.5) is 8.78 Å². The molecule has 0 aliphatic rings. The van der Waals surface area contributed by atoms with Gasteiger partial charge in [-0.25, -0.2) is 17.2 Å². The summed E-state index contributed by atoms with van der Waals surface area (Å²) in [4.78, 5) is 10.7. The van der Waals surface area contributed by atoms with E-state index >= 15 is 0 Å². The molecule has 9 heteroatoms. The van der Waals surface area contributed by atoms with E-state index in [1.54, 1.807) is 6.92 Å². The van der Waals surface area contributed by atoms with Gasteiger partial charge >= 0.3 is 0 Å². The molecule has 1 rings (SSSR count). The highest BCUT2D eigenvalue weighted by Crippen LogP contribution is 2.28. The Kier molecular flexibility index (Phi) is 5.60. The molecule has 20 heavy (non-hydrogen) atoms. The lowest BCUT2D eigenvalue weighted by Crippen LogP contribution is -2.38. The van der Waals surface area contributed by atoms with Gasteiger partial charge in [-0.1, -0.05) is 0 Å². The lowest BCUT2D eigenvalue weighted by Gasteiger charge is -2.18. The predicted molar refractivity (Wildman–Crippen MR) is 72.6 cm³/mol. The molecule has 0 heterocycles. The Morgan fingerprint density at radius 2 is 2.00 bits per heavy atom. The van der Waals surface area contributed by atoms with Gasteiger partial charge in [0.05, 0.1) is 6.54 Å². The number of nitrogens with zero attached hydrogens (tertiary/aromatic N) is 1. The molecule has 0 unspecified atom stereocenters. The van der Waals surface area contributed by atoms with E-state index < -0.39 is 39.0 Å². The Hall–Kier alpha value is -1.06. The first-order chi connectivity index (χ1) is 9.20. The summed E-state index contributed by atoms with van der Waals surface area (Å²) in [5, 5.41) is 2.43. The van der Waals surface area contributed by atoms with Crippen LogP contribution in [0.15, 0.2) is 21.5 Å². The van der Waals surface area contributed by atoms with Gasteiger partial charge in [0, 0.05) is 24.1 Å². The molecular weight excluding hydrogens is 358 g/mol. The zero-order valence-corrected chi connectivity index (χ0v) is 13.2. The fourth-order valence-electron chi connectivity index (χ4n) is 1.47. The van der Waals surface area contributed by atoms with Gasteiger partial charge in [0.25, 0.3) is 0 Å². The highest BCUT2D eigenvalue weighted by molar-refractivity contribution is 9.10. The highest BCUT2D eigenvalue weighted by atomic mass is 79.9. The van der Waals surface area contributed by atoms with Crippen molar-refractivity contribution in [2.45, 2.75) is 11.8 Å². The average molecular weight is 371 g/mol. The summed E-state index contributed by atoms with van der Waals surface area (Å²) in [5.74, 6) is -2.64. The number of carbonyl (C=O) groups is 1. The molecule has 0 fully saturated rings. The predicted octanol–water partition coefficient (Wildman–Crippen LogP) is 1.48. The smallest absolute Gasteiger partial charge is 0.247 e. The standard InChI is InChI=1S/C11H13BrF2N2O3S/c1-3-15-10(17)6-16(2)20(18,19)11-8(12)4-7(13)5-9(11)14/h4-5H,3,6H2,1-2H3,(H,15,17). The molecule has 0 saturated carbocycles. The molecule has 1 N–H and O–H groups in total. The summed E-state index contributed by atoms with van der Waals surface area (Å²) < 4.78 is 51.5. The number of halogens is 3. The summed E-state index contributed by atoms with van der Waals surface area (Å²) in [6.07, 6.45) is 0. The van der Waals surface area contributed by atoms with Gasteiger partial charge in [0.2, 0.25) is 15.9 Å². The molecule has 0 aliphatic carbocycles. The van der Waals surface area contributed by atoms with Crippen LogP contribution >= 0.6 is 15.9 Å². The van der Waals surface area contributed by atoms with Crippen molar-refractivity contribution in [1.82, 2.24) is 9.62 Å². The molecule has 1 amide bonds. The highest BCUT2D eigenvalue weighted by Gasteiger charge is 2.29. The van der Waals surface area contributed by atoms with Crippen molar-refractivity contribution < 1.29 is 22.0 Å². The van der Waals surface area contributed by atoms with Gasteiger partial charge in [-0.15, -0.1) is 0 Å². The van der Waals surface area contributed by atoms with E-state index in [1.807, 2.05) is 0 Å². The van der Waals surface area contributed by atoms with Crippen LogP contribution in [0.25, 0.3) is 0 Å². The minimum Gasteiger partial charge on any atom is -0.355 e. The maximum atomic E-state index is 13.7. The molecule has 112 valence electrons. The maximum absolute atomic E-state index is 13.7. The largest absolute Gasteiger partial charge is 0.355 e. The summed E-state index contributed by atoms with van der Waals surface area (Å²) in [5.41, 5.74) is 0. The topological polar surface area (TPSA) is 66.5 Å². The number of hydrogen-bond acceptors (Lipinski definition) is 3. The number of likely N-dealkylation sites (N-methyl/N-ethyl adjacent to an activating group) is 2. The molecule has 0 bridgehead atoms. The van der Waals surface area contributed by atoms with Crippen molar-refractivity contribution in [3.8, 4) is 0 Å². The van der Waals surface area contributed by atoms with E-state index in [4.69, 9.17) is 0 Å². The van der Waals surface area contributed by atoms with Gasteiger partial charge in [-0.05, 0) is 28.9 Å². The summed E-state index contributed by atoms with van der Waals surface area (Å²) in [7, 11) is -3.11. The number of amides is 1. The quantitative estimate of drug-likeness (QED) is 0.853. The van der Waals surface area contributed by atoms with Crippen LogP contribution in [0.3, 0.4) is 0 Å². The van der Waals surface area contributed by atoms with E-state index in [2.05, 4.69) is 21.2 Å². The minimum atomic E-state index is -4.25. The summed E-state index contributed by atoms with van der Waals surface area (Å²) in [6.45, 7) is 1.57. The fourth-order valence-corrected chi connectivity index (χ4v) is 3.70. The van der Waals surface area contributed by atoms with Crippen LogP contribution in [0.1, 0.15) is 6.92 Å². The normalized spacial score (nSPS) is 11.7. The van der Waals surface area contributed by atoms with Gasteiger partial charge in [-0.2, -0.15) is 4.31 Å². The third-order valence-electron chi connectivity index (χ3n) is 2.37. The van der Waals surface area contributed by atoms with Crippen molar-refractivity contribution in [2.24, 2.45) is 0 Å². The average Bonchev–Trinajstić information content (AvgIpc) is 2.26. The molecule has 0 aromatic heterocycles. The van der Waals surface area contributed by atoms with Crippen LogP contribution < -0.4 is 5.32 Å². The Labute approximate surface area is 124 Å². The Bertz CT molecular complexity index is 599. The van der Waals surface area contributed by atoms with Crippen LogP contribution in [0.2, 0.25) is 0 Å². The molecule has 0 radical (unpaired) electrons. The van der Waals surface area contributed by atoms with Crippen LogP contribution in [-0.2, 0) is 14.8 Å². The van der Waals surface area contributed by atoms with Crippen molar-refractivity contribution in [3.05, 3.63) is 28.2 Å². The van der Waals surface area contributed by atoms with E-state index in [0.717, 1.165) is 13.1 Å². The number of rotatable bonds is 5. The zero-order chi connectivity index (χ0) is 15.5. The first kappa shape index (κ1) is 17.0. The molecule has 0 saturated heterocycles. The Morgan fingerprint density at radius 3 is 2.50 bits per heavy atom. The van der Waals surface area contributed by atoms with E-state index in [-0.39, 0.29) is 4.47 Å². The molecule has 0 atom stereocenters. The van der Waals surface area contributed by atoms with Gasteiger partial charge < -0.3 is 5.32 Å². The lowest BCUT2D eigenvalue weighted by molar-refractivity contribution is -0.121. The molecule has 0 aliphatic heterocycles. The second kappa shape index (κ2) is 6.59. The van der Waals surface area contributed by atoms with Gasteiger partial charge in [0.1, 0.15) is 16.5 Å². The first-order valence-corrected chi connectivity index (χ1v) is 7.81. The van der Waals surface area contributed by atoms with E-state index in [0.29, 0.717) is 16.9 Å². The van der Waals surface area contributed by atoms with Gasteiger partial charge in [0.15, 0.2) is 0 Å². The minimum absolute atomic E-state index is 0.238. The Balaban J connectivity index is 3.14. The molecular formula is C11H13BrF2N2O3S. The molecule has 5 nitrogen and oxygen atoms in total. The van der Waals surface area contributed by atoms with E-state index in [1.165, 1.54) is 0 Å².